The predicted octanol–water partition coefficient (Wildman–Crippen LogP) is 15.9. The van der Waals surface area contributed by atoms with Crippen molar-refractivity contribution in [2.24, 2.45) is 53.3 Å². The van der Waals surface area contributed by atoms with Gasteiger partial charge >= 0.3 is 17.9 Å². The molecule has 78 heavy (non-hydrogen) atoms. The molecule has 10 nitrogen and oxygen atoms in total. The fourth-order valence-corrected chi connectivity index (χ4v) is 12.7. The zero-order chi connectivity index (χ0) is 57.4. The molecule has 6 fully saturated rings. The summed E-state index contributed by atoms with van der Waals surface area (Å²) >= 11 is 0. The molecular weight excluding hydrogens is 1020 g/mol. The summed E-state index contributed by atoms with van der Waals surface area (Å²) in [6.45, 7) is 5.76. The summed E-state index contributed by atoms with van der Waals surface area (Å²) in [7, 11) is 0. The third-order valence-electron chi connectivity index (χ3n) is 16.9. The van der Waals surface area contributed by atoms with Crippen LogP contribution in [0.2, 0.25) is 0 Å². The molecule has 6 saturated carbocycles. The van der Waals surface area contributed by atoms with E-state index in [0.717, 1.165) is 93.9 Å². The lowest BCUT2D eigenvalue weighted by Gasteiger charge is -2.31. The number of esters is 2. The van der Waals surface area contributed by atoms with Gasteiger partial charge in [-0.15, -0.1) is 12.8 Å². The highest BCUT2D eigenvalue weighted by molar-refractivity contribution is 5.76. The lowest BCUT2D eigenvalue weighted by molar-refractivity contribution is -0.143. The second-order valence-electron chi connectivity index (χ2n) is 21.5. The Hall–Kier alpha value is -5.59. The smallest absolute Gasteiger partial charge is 0.314 e. The second kappa shape index (κ2) is 32.5. The molecule has 9 rings (SSSR count). The summed E-state index contributed by atoms with van der Waals surface area (Å²) in [6, 6.07) is 7.32. The third-order valence-corrected chi connectivity index (χ3v) is 16.9. The fraction of sp³-hybridized carbons (Fsp3) is 0.629. The van der Waals surface area contributed by atoms with Crippen LogP contribution >= 0.6 is 0 Å². The largest absolute Gasteiger partial charge is 0.505 e. The molecule has 0 aromatic heterocycles. The second-order valence-corrected chi connectivity index (χ2v) is 21.5. The van der Waals surface area contributed by atoms with Crippen molar-refractivity contribution in [2.45, 2.75) is 175 Å². The lowest BCUT2D eigenvalue weighted by atomic mass is 9.75. The summed E-state index contributed by atoms with van der Waals surface area (Å²) in [5.74, 6) is -6.05. The molecule has 0 aliphatic heterocycles. The molecule has 0 bridgehead atoms. The number of aliphatic carboxylic acids is 1. The van der Waals surface area contributed by atoms with Crippen LogP contribution in [-0.4, -0.2) is 47.9 Å². The Morgan fingerprint density at radius 2 is 0.679 bits per heavy atom. The normalized spacial score (nSPS) is 23.4. The molecule has 0 atom stereocenters. The van der Waals surface area contributed by atoms with Crippen molar-refractivity contribution in [3.8, 4) is 47.3 Å². The number of carbonyl (C=O) groups excluding carboxylic acids is 2. The summed E-state index contributed by atoms with van der Waals surface area (Å²) in [6.07, 6.45) is 33.4. The van der Waals surface area contributed by atoms with Crippen molar-refractivity contribution in [1.29, 1.82) is 0 Å². The number of phenols is 1. The molecule has 2 N–H and O–H groups in total. The van der Waals surface area contributed by atoms with Crippen LogP contribution in [0.5, 0.6) is 34.5 Å². The highest BCUT2D eigenvalue weighted by atomic mass is 19.2. The van der Waals surface area contributed by atoms with Gasteiger partial charge < -0.3 is 33.9 Å². The van der Waals surface area contributed by atoms with E-state index in [1.807, 2.05) is 0 Å². The summed E-state index contributed by atoms with van der Waals surface area (Å²) in [5, 5.41) is 17.6. The number of hydrogen-bond acceptors (Lipinski definition) is 9. The van der Waals surface area contributed by atoms with E-state index >= 15 is 0 Å². The van der Waals surface area contributed by atoms with Crippen LogP contribution in [-0.2, 0) is 14.4 Å². The Labute approximate surface area is 459 Å². The van der Waals surface area contributed by atoms with Gasteiger partial charge in [-0.05, 0) is 170 Å². The zero-order valence-electron chi connectivity index (χ0n) is 46.8. The SMILES string of the molecule is CCOc1ccc(O)c(F)c1F.CCOc1ccc(OC(=O)C2CCC(C3CCCC3)CC2)c(F)c1F.CCOc1ccc(OC(=O)C2CCC(C3CCCC3)CC2)c(F)c1F.O=C(O)C1CCC(C2CCCC2)CC1.[2H]C#C. The van der Waals surface area contributed by atoms with E-state index in [1.165, 1.54) is 127 Å². The van der Waals surface area contributed by atoms with Gasteiger partial charge in [-0.1, -0.05) is 77.0 Å². The van der Waals surface area contributed by atoms with Gasteiger partial charge in [0.05, 0.1) is 37.6 Å². The highest BCUT2D eigenvalue weighted by Gasteiger charge is 2.36. The Balaban J connectivity index is 0.000000199. The Kier molecular flexibility index (Phi) is 25.7. The van der Waals surface area contributed by atoms with Crippen molar-refractivity contribution >= 4 is 17.9 Å². The monoisotopic (exact) mass is 1100 g/mol. The summed E-state index contributed by atoms with van der Waals surface area (Å²) in [5.41, 5.74) is 0. The highest BCUT2D eigenvalue weighted by Crippen LogP contribution is 2.44. The first-order valence-corrected chi connectivity index (χ1v) is 28.6. The number of benzene rings is 3. The van der Waals surface area contributed by atoms with E-state index in [4.69, 9.17) is 35.3 Å². The predicted molar refractivity (Wildman–Crippen MR) is 285 cm³/mol. The molecule has 3 aromatic carbocycles. The van der Waals surface area contributed by atoms with E-state index in [1.54, 1.807) is 20.8 Å². The van der Waals surface area contributed by atoms with Crippen LogP contribution in [0.1, 0.15) is 176 Å². The van der Waals surface area contributed by atoms with Gasteiger partial charge in [0.15, 0.2) is 34.5 Å². The van der Waals surface area contributed by atoms with E-state index < -0.39 is 58.6 Å². The molecule has 432 valence electrons. The number of rotatable bonds is 14. The van der Waals surface area contributed by atoms with Crippen molar-refractivity contribution in [3.63, 3.8) is 0 Å². The first kappa shape index (κ1) is 61.6. The van der Waals surface area contributed by atoms with E-state index in [2.05, 4.69) is 6.42 Å². The van der Waals surface area contributed by atoms with Crippen LogP contribution in [0, 0.1) is 101 Å². The lowest BCUT2D eigenvalue weighted by Crippen LogP contribution is -2.28. The van der Waals surface area contributed by atoms with Gasteiger partial charge in [0.1, 0.15) is 1.37 Å². The summed E-state index contributed by atoms with van der Waals surface area (Å²) < 4.78 is 112. The molecule has 0 unspecified atom stereocenters. The van der Waals surface area contributed by atoms with Crippen molar-refractivity contribution < 1.29 is 76.0 Å². The summed E-state index contributed by atoms with van der Waals surface area (Å²) in [4.78, 5) is 35.4. The maximum atomic E-state index is 14.0. The van der Waals surface area contributed by atoms with Gasteiger partial charge in [0.2, 0.25) is 34.9 Å². The van der Waals surface area contributed by atoms with E-state index in [0.29, 0.717) is 11.8 Å². The van der Waals surface area contributed by atoms with Gasteiger partial charge in [-0.3, -0.25) is 14.4 Å². The Bertz CT molecular complexity index is 2300. The maximum Gasteiger partial charge on any atom is 0.314 e. The average Bonchev–Trinajstić information content (AvgIpc) is 4.31. The van der Waals surface area contributed by atoms with Crippen LogP contribution in [0.4, 0.5) is 26.3 Å². The number of phenolic OH excluding ortho intramolecular Hbond substituents is 1. The average molecular weight is 1100 g/mol. The number of hydrogen-bond donors (Lipinski definition) is 2. The molecule has 6 aliphatic rings. The molecule has 0 radical (unpaired) electrons. The molecule has 0 heterocycles. The van der Waals surface area contributed by atoms with Gasteiger partial charge in [0.25, 0.3) is 0 Å². The number of ether oxygens (including phenoxy) is 5. The van der Waals surface area contributed by atoms with Crippen LogP contribution in [0.3, 0.4) is 0 Å². The van der Waals surface area contributed by atoms with Gasteiger partial charge in [-0.25, -0.2) is 0 Å². The van der Waals surface area contributed by atoms with Gasteiger partial charge in [0, 0.05) is 0 Å². The Morgan fingerprint density at radius 1 is 0.436 bits per heavy atom. The van der Waals surface area contributed by atoms with E-state index in [-0.39, 0.29) is 66.3 Å². The van der Waals surface area contributed by atoms with Crippen LogP contribution in [0.25, 0.3) is 0 Å². The zero-order valence-corrected chi connectivity index (χ0v) is 45.8. The molecule has 16 heteroatoms. The van der Waals surface area contributed by atoms with Crippen LogP contribution in [0.15, 0.2) is 36.4 Å². The molecule has 0 saturated heterocycles. The Morgan fingerprint density at radius 3 is 0.974 bits per heavy atom. The first-order chi connectivity index (χ1) is 38.0. The topological polar surface area (TPSA) is 138 Å². The number of aromatic hydroxyl groups is 1. The number of carboxylic acid groups (broad SMARTS) is 1. The molecular formula is C62H82F6O10. The quantitative estimate of drug-likeness (QED) is 0.0694. The van der Waals surface area contributed by atoms with Crippen molar-refractivity contribution in [1.82, 2.24) is 0 Å². The minimum absolute atomic E-state index is 0.0346. The molecule has 3 aromatic rings. The number of halogens is 6. The standard InChI is InChI=1S/2C20H26F2O3.C12H20O2.C8H8F2O2.C2H2/c2*1-2-24-16-11-12-17(19(22)18(16)21)25-20(23)15-9-7-14(8-10-15)13-5-3-4-6-13;13-12(14)11-7-5-10(6-8-11)9-3-1-2-4-9;1-2-12-6-4-3-5(11)7(9)8(6)10;1-2/h2*11-15H,2-10H2,1H3;9-11H,1-8H2,(H,13,14);3-4,11H,2H2,1H3;1-2H/i;;;;1D. The third kappa shape index (κ3) is 18.0. The van der Waals surface area contributed by atoms with Crippen molar-refractivity contribution in [2.75, 3.05) is 19.8 Å². The van der Waals surface area contributed by atoms with E-state index in [9.17, 15) is 40.7 Å². The van der Waals surface area contributed by atoms with Crippen LogP contribution < -0.4 is 23.7 Å². The molecule has 0 spiro atoms. The number of terminal acetylenes is 1. The van der Waals surface area contributed by atoms with Crippen molar-refractivity contribution in [3.05, 3.63) is 71.3 Å². The number of carbonyl (C=O) groups is 3. The first-order valence-electron chi connectivity index (χ1n) is 29.1. The minimum Gasteiger partial charge on any atom is -0.505 e. The number of carboxylic acids is 1. The maximum absolute atomic E-state index is 14.0. The minimum atomic E-state index is -1.28. The fourth-order valence-electron chi connectivity index (χ4n) is 12.7. The molecule has 0 amide bonds. The molecule has 6 aliphatic carbocycles. The van der Waals surface area contributed by atoms with Gasteiger partial charge in [-0.2, -0.15) is 26.3 Å².